The zero-order valence-corrected chi connectivity index (χ0v) is 24.2. The van der Waals surface area contributed by atoms with Crippen molar-refractivity contribution in [3.05, 3.63) is 0 Å². The van der Waals surface area contributed by atoms with E-state index in [0.717, 1.165) is 12.8 Å². The van der Waals surface area contributed by atoms with Gasteiger partial charge in [-0.05, 0) is 18.3 Å². The molecule has 0 heterocycles. The Kier molecular flexibility index (Phi) is 25.2. The lowest BCUT2D eigenvalue weighted by molar-refractivity contribution is -0.147. The molecule has 0 aromatic heterocycles. The molecule has 0 aliphatic heterocycles. The molecular weight excluding hydrogens is 416 g/mol. The third kappa shape index (κ3) is 26.1. The molecular formula is C32H64O2. The predicted molar refractivity (Wildman–Crippen MR) is 152 cm³/mol. The van der Waals surface area contributed by atoms with Crippen LogP contribution in [-0.2, 0) is 9.53 Å². The van der Waals surface area contributed by atoms with Gasteiger partial charge in [0, 0.05) is 6.42 Å². The van der Waals surface area contributed by atoms with E-state index in [1.165, 1.54) is 141 Å². The van der Waals surface area contributed by atoms with Crippen LogP contribution in [0.3, 0.4) is 0 Å². The standard InChI is InChI=1S/C32H64O2/c1-5-7-9-11-13-15-16-17-18-19-20-21-22-24-26-28-31(33)34-30-32(3,4)29-27-25-23-14-12-10-8-6-2/h5-30H2,1-4H3. The molecule has 2 heteroatoms. The summed E-state index contributed by atoms with van der Waals surface area (Å²) in [6.07, 6.45) is 32.9. The Hall–Kier alpha value is -0.530. The van der Waals surface area contributed by atoms with E-state index >= 15 is 0 Å². The van der Waals surface area contributed by atoms with Crippen LogP contribution in [0.2, 0.25) is 0 Å². The van der Waals surface area contributed by atoms with E-state index in [9.17, 15) is 4.79 Å². The van der Waals surface area contributed by atoms with Crippen LogP contribution >= 0.6 is 0 Å². The van der Waals surface area contributed by atoms with E-state index in [4.69, 9.17) is 4.74 Å². The van der Waals surface area contributed by atoms with Crippen molar-refractivity contribution in [2.45, 2.75) is 188 Å². The first-order valence-corrected chi connectivity index (χ1v) is 15.7. The van der Waals surface area contributed by atoms with Gasteiger partial charge in [0.1, 0.15) is 0 Å². The van der Waals surface area contributed by atoms with Crippen molar-refractivity contribution in [1.29, 1.82) is 0 Å². The highest BCUT2D eigenvalue weighted by Gasteiger charge is 2.19. The van der Waals surface area contributed by atoms with Crippen molar-refractivity contribution < 1.29 is 9.53 Å². The molecule has 0 fully saturated rings. The smallest absolute Gasteiger partial charge is 0.305 e. The molecule has 0 radical (unpaired) electrons. The molecule has 0 aromatic rings. The highest BCUT2D eigenvalue weighted by Crippen LogP contribution is 2.25. The van der Waals surface area contributed by atoms with E-state index in [2.05, 4.69) is 27.7 Å². The van der Waals surface area contributed by atoms with Gasteiger partial charge in [0.2, 0.25) is 0 Å². The van der Waals surface area contributed by atoms with Gasteiger partial charge in [-0.25, -0.2) is 0 Å². The lowest BCUT2D eigenvalue weighted by atomic mass is 9.87. The van der Waals surface area contributed by atoms with Crippen molar-refractivity contribution in [2.75, 3.05) is 6.61 Å². The van der Waals surface area contributed by atoms with Crippen LogP contribution in [0.25, 0.3) is 0 Å². The molecule has 0 aliphatic carbocycles. The Morgan fingerprint density at radius 3 is 1.21 bits per heavy atom. The summed E-state index contributed by atoms with van der Waals surface area (Å²) in [7, 11) is 0. The van der Waals surface area contributed by atoms with Crippen LogP contribution in [0, 0.1) is 5.41 Å². The molecule has 0 N–H and O–H groups in total. The van der Waals surface area contributed by atoms with Gasteiger partial charge < -0.3 is 4.74 Å². The van der Waals surface area contributed by atoms with Gasteiger partial charge in [0.15, 0.2) is 0 Å². The van der Waals surface area contributed by atoms with Crippen molar-refractivity contribution in [1.82, 2.24) is 0 Å². The molecule has 0 unspecified atom stereocenters. The number of carbonyl (C=O) groups excluding carboxylic acids is 1. The van der Waals surface area contributed by atoms with Gasteiger partial charge in [0.25, 0.3) is 0 Å². The number of hydrogen-bond acceptors (Lipinski definition) is 2. The van der Waals surface area contributed by atoms with Gasteiger partial charge in [-0.2, -0.15) is 0 Å². The minimum atomic E-state index is 0.0127. The fourth-order valence-corrected chi connectivity index (χ4v) is 4.80. The molecule has 0 aromatic carbocycles. The van der Waals surface area contributed by atoms with E-state index in [-0.39, 0.29) is 11.4 Å². The maximum atomic E-state index is 12.1. The predicted octanol–water partition coefficient (Wildman–Crippen LogP) is 11.3. The zero-order chi connectivity index (χ0) is 25.2. The first-order valence-electron chi connectivity index (χ1n) is 15.7. The summed E-state index contributed by atoms with van der Waals surface area (Å²) in [4.78, 5) is 12.1. The third-order valence-electron chi connectivity index (χ3n) is 7.32. The largest absolute Gasteiger partial charge is 0.465 e. The Balaban J connectivity index is 3.40. The molecule has 0 rings (SSSR count). The molecule has 204 valence electrons. The summed E-state index contributed by atoms with van der Waals surface area (Å²) < 4.78 is 5.61. The Morgan fingerprint density at radius 2 is 0.824 bits per heavy atom. The molecule has 0 saturated carbocycles. The van der Waals surface area contributed by atoms with E-state index in [1.54, 1.807) is 0 Å². The summed E-state index contributed by atoms with van der Waals surface area (Å²) >= 11 is 0. The monoisotopic (exact) mass is 480 g/mol. The summed E-state index contributed by atoms with van der Waals surface area (Å²) in [5.41, 5.74) is 0.118. The van der Waals surface area contributed by atoms with Crippen molar-refractivity contribution in [2.24, 2.45) is 5.41 Å². The highest BCUT2D eigenvalue weighted by atomic mass is 16.5. The summed E-state index contributed by atoms with van der Waals surface area (Å²) in [5.74, 6) is 0.0127. The maximum absolute atomic E-state index is 12.1. The Labute approximate surface area is 215 Å². The maximum Gasteiger partial charge on any atom is 0.305 e. The topological polar surface area (TPSA) is 26.3 Å². The zero-order valence-electron chi connectivity index (χ0n) is 24.2. The average molecular weight is 481 g/mol. The van der Waals surface area contributed by atoms with Crippen LogP contribution in [0.15, 0.2) is 0 Å². The van der Waals surface area contributed by atoms with Gasteiger partial charge in [-0.3, -0.25) is 4.79 Å². The van der Waals surface area contributed by atoms with Gasteiger partial charge >= 0.3 is 5.97 Å². The number of esters is 1. The van der Waals surface area contributed by atoms with Crippen molar-refractivity contribution in [3.8, 4) is 0 Å². The Morgan fingerprint density at radius 1 is 0.500 bits per heavy atom. The van der Waals surface area contributed by atoms with Crippen LogP contribution < -0.4 is 0 Å². The first-order chi connectivity index (χ1) is 16.5. The first kappa shape index (κ1) is 33.5. The molecule has 0 atom stereocenters. The number of ether oxygens (including phenoxy) is 1. The minimum Gasteiger partial charge on any atom is -0.465 e. The molecule has 0 amide bonds. The van der Waals surface area contributed by atoms with Crippen LogP contribution in [0.1, 0.15) is 188 Å². The lowest BCUT2D eigenvalue weighted by Crippen LogP contribution is -2.21. The number of hydrogen-bond donors (Lipinski definition) is 0. The lowest BCUT2D eigenvalue weighted by Gasteiger charge is -2.24. The second kappa shape index (κ2) is 25.6. The van der Waals surface area contributed by atoms with Crippen LogP contribution in [-0.4, -0.2) is 12.6 Å². The van der Waals surface area contributed by atoms with Crippen molar-refractivity contribution in [3.63, 3.8) is 0 Å². The second-order valence-electron chi connectivity index (χ2n) is 11.7. The Bertz CT molecular complexity index is 415. The fraction of sp³-hybridized carbons (Fsp3) is 0.969. The average Bonchev–Trinajstić information content (AvgIpc) is 2.82. The molecule has 0 bridgehead atoms. The molecule has 34 heavy (non-hydrogen) atoms. The van der Waals surface area contributed by atoms with Gasteiger partial charge in [-0.1, -0.05) is 169 Å². The third-order valence-corrected chi connectivity index (χ3v) is 7.32. The molecule has 0 aliphatic rings. The number of rotatable bonds is 27. The summed E-state index contributed by atoms with van der Waals surface area (Å²) in [6.45, 7) is 9.63. The van der Waals surface area contributed by atoms with Gasteiger partial charge in [0.05, 0.1) is 6.61 Å². The number of unbranched alkanes of at least 4 members (excludes halogenated alkanes) is 21. The van der Waals surface area contributed by atoms with E-state index < -0.39 is 0 Å². The van der Waals surface area contributed by atoms with Gasteiger partial charge in [-0.15, -0.1) is 0 Å². The summed E-state index contributed by atoms with van der Waals surface area (Å²) in [6, 6.07) is 0. The van der Waals surface area contributed by atoms with Crippen LogP contribution in [0.4, 0.5) is 0 Å². The van der Waals surface area contributed by atoms with Crippen LogP contribution in [0.5, 0.6) is 0 Å². The minimum absolute atomic E-state index is 0.0127. The highest BCUT2D eigenvalue weighted by molar-refractivity contribution is 5.69. The quantitative estimate of drug-likeness (QED) is 0.0862. The van der Waals surface area contributed by atoms with E-state index in [0.29, 0.717) is 13.0 Å². The fourth-order valence-electron chi connectivity index (χ4n) is 4.80. The number of carbonyl (C=O) groups is 1. The summed E-state index contributed by atoms with van der Waals surface area (Å²) in [5, 5.41) is 0. The van der Waals surface area contributed by atoms with E-state index in [1.807, 2.05) is 0 Å². The second-order valence-corrected chi connectivity index (χ2v) is 11.7. The SMILES string of the molecule is CCCCCCCCCCCCCCCCCC(=O)OCC(C)(C)CCCCCCCCCC. The molecule has 2 nitrogen and oxygen atoms in total. The molecule has 0 saturated heterocycles. The van der Waals surface area contributed by atoms with Crippen molar-refractivity contribution >= 4 is 5.97 Å². The molecule has 0 spiro atoms. The normalized spacial score (nSPS) is 11.8.